The maximum Gasteiger partial charge on any atom is 0.270 e. The van der Waals surface area contributed by atoms with Gasteiger partial charge in [-0.05, 0) is 38.7 Å². The first-order valence-corrected chi connectivity index (χ1v) is 8.15. The highest BCUT2D eigenvalue weighted by molar-refractivity contribution is 5.93. The maximum absolute atomic E-state index is 12.7. The van der Waals surface area contributed by atoms with E-state index in [0.717, 1.165) is 45.1 Å². The van der Waals surface area contributed by atoms with Crippen LogP contribution in [0.5, 0.6) is 0 Å². The van der Waals surface area contributed by atoms with Gasteiger partial charge in [-0.3, -0.25) is 4.79 Å². The highest BCUT2D eigenvalue weighted by Crippen LogP contribution is 2.41. The fourth-order valence-corrected chi connectivity index (χ4v) is 4.15. The Labute approximate surface area is 130 Å². The van der Waals surface area contributed by atoms with Crippen LogP contribution in [0.1, 0.15) is 61.5 Å². The summed E-state index contributed by atoms with van der Waals surface area (Å²) in [6.45, 7) is 2.65. The van der Waals surface area contributed by atoms with Crippen molar-refractivity contribution in [3.63, 3.8) is 0 Å². The Bertz CT molecular complexity index is 599. The predicted octanol–water partition coefficient (Wildman–Crippen LogP) is 2.43. The molecular weight excluding hydrogens is 278 g/mol. The summed E-state index contributed by atoms with van der Waals surface area (Å²) in [6.07, 6.45) is 7.49. The van der Waals surface area contributed by atoms with Gasteiger partial charge in [0.25, 0.3) is 5.91 Å². The largest absolute Gasteiger partial charge is 0.390 e. The first-order valence-electron chi connectivity index (χ1n) is 8.15. The first-order chi connectivity index (χ1) is 10.5. The van der Waals surface area contributed by atoms with E-state index in [1.54, 1.807) is 12.3 Å². The molecule has 0 unspecified atom stereocenters. The molecule has 5 nitrogen and oxygen atoms in total. The van der Waals surface area contributed by atoms with Crippen LogP contribution >= 0.6 is 0 Å². The molecule has 1 aliphatic carbocycles. The molecule has 3 rings (SSSR count). The molecule has 1 amide bonds. The SMILES string of the molecule is C[C@]1(O)CCCC[C@@H]1[C@@H]1CCCN1C(=O)c1cc(C#N)c[nH]1. The number of likely N-dealkylation sites (tertiary alicyclic amines) is 1. The van der Waals surface area contributed by atoms with Crippen molar-refractivity contribution >= 4 is 5.91 Å². The lowest BCUT2D eigenvalue weighted by Crippen LogP contribution is -2.50. The smallest absolute Gasteiger partial charge is 0.270 e. The van der Waals surface area contributed by atoms with Crippen molar-refractivity contribution in [3.8, 4) is 6.07 Å². The summed E-state index contributed by atoms with van der Waals surface area (Å²) < 4.78 is 0. The van der Waals surface area contributed by atoms with Gasteiger partial charge in [-0.15, -0.1) is 0 Å². The molecule has 2 N–H and O–H groups in total. The number of aromatic amines is 1. The van der Waals surface area contributed by atoms with Gasteiger partial charge in [0.2, 0.25) is 0 Å². The van der Waals surface area contributed by atoms with Crippen LogP contribution < -0.4 is 0 Å². The summed E-state index contributed by atoms with van der Waals surface area (Å²) in [5, 5.41) is 19.6. The molecule has 1 saturated heterocycles. The number of aromatic nitrogens is 1. The lowest BCUT2D eigenvalue weighted by molar-refractivity contribution is -0.0578. The van der Waals surface area contributed by atoms with E-state index in [1.807, 2.05) is 17.9 Å². The van der Waals surface area contributed by atoms with Gasteiger partial charge in [-0.2, -0.15) is 5.26 Å². The molecule has 118 valence electrons. The van der Waals surface area contributed by atoms with Crippen molar-refractivity contribution in [2.24, 2.45) is 5.92 Å². The highest BCUT2D eigenvalue weighted by atomic mass is 16.3. The van der Waals surface area contributed by atoms with Crippen LogP contribution in [0.25, 0.3) is 0 Å². The number of hydrogen-bond acceptors (Lipinski definition) is 3. The summed E-state index contributed by atoms with van der Waals surface area (Å²) in [7, 11) is 0. The lowest BCUT2D eigenvalue weighted by Gasteiger charge is -2.43. The number of aliphatic hydroxyl groups is 1. The Morgan fingerprint density at radius 2 is 2.27 bits per heavy atom. The van der Waals surface area contributed by atoms with Gasteiger partial charge in [0.15, 0.2) is 0 Å². The quantitative estimate of drug-likeness (QED) is 0.880. The Balaban J connectivity index is 1.80. The fourth-order valence-electron chi connectivity index (χ4n) is 4.15. The second-order valence-corrected chi connectivity index (χ2v) is 6.83. The molecule has 0 aromatic carbocycles. The molecule has 2 heterocycles. The van der Waals surface area contributed by atoms with Gasteiger partial charge in [0.1, 0.15) is 11.8 Å². The number of hydrogen-bond donors (Lipinski definition) is 2. The predicted molar refractivity (Wildman–Crippen MR) is 82.1 cm³/mol. The summed E-state index contributed by atoms with van der Waals surface area (Å²) in [5.41, 5.74) is 0.266. The third kappa shape index (κ3) is 2.64. The molecular formula is C17H23N3O2. The number of nitrogens with zero attached hydrogens (tertiary/aromatic N) is 2. The zero-order valence-corrected chi connectivity index (χ0v) is 13.0. The third-order valence-corrected chi connectivity index (χ3v) is 5.31. The van der Waals surface area contributed by atoms with Crippen molar-refractivity contribution in [2.45, 2.75) is 57.1 Å². The molecule has 5 heteroatoms. The molecule has 0 radical (unpaired) electrons. The van der Waals surface area contributed by atoms with Crippen LogP contribution in [0.4, 0.5) is 0 Å². The van der Waals surface area contributed by atoms with Crippen molar-refractivity contribution in [3.05, 3.63) is 23.5 Å². The van der Waals surface area contributed by atoms with E-state index in [0.29, 0.717) is 11.3 Å². The standard InChI is InChI=1S/C17H23N3O2/c1-17(22)7-3-2-5-13(17)15-6-4-8-20(15)16(21)14-9-12(10-18)11-19-14/h9,11,13,15,19,22H,2-8H2,1H3/t13-,15+,17+/m1/s1. The highest BCUT2D eigenvalue weighted by Gasteiger charge is 2.44. The van der Waals surface area contributed by atoms with E-state index in [2.05, 4.69) is 4.98 Å². The molecule has 1 aliphatic heterocycles. The lowest BCUT2D eigenvalue weighted by atomic mass is 9.72. The zero-order chi connectivity index (χ0) is 15.7. The van der Waals surface area contributed by atoms with Crippen LogP contribution in [0, 0.1) is 17.2 Å². The average molecular weight is 301 g/mol. The number of amides is 1. The fraction of sp³-hybridized carbons (Fsp3) is 0.647. The second-order valence-electron chi connectivity index (χ2n) is 6.83. The van der Waals surface area contributed by atoms with Crippen molar-refractivity contribution in [1.82, 2.24) is 9.88 Å². The van der Waals surface area contributed by atoms with Crippen molar-refractivity contribution in [2.75, 3.05) is 6.54 Å². The van der Waals surface area contributed by atoms with E-state index in [4.69, 9.17) is 5.26 Å². The van der Waals surface area contributed by atoms with Gasteiger partial charge in [-0.1, -0.05) is 12.8 Å². The monoisotopic (exact) mass is 301 g/mol. The second kappa shape index (κ2) is 5.77. The molecule has 3 atom stereocenters. The van der Waals surface area contributed by atoms with Crippen molar-refractivity contribution in [1.29, 1.82) is 5.26 Å². The number of nitrogens with one attached hydrogen (secondary N) is 1. The van der Waals surface area contributed by atoms with Crippen LogP contribution in [-0.2, 0) is 0 Å². The number of carbonyl (C=O) groups excluding carboxylic acids is 1. The summed E-state index contributed by atoms with van der Waals surface area (Å²) in [4.78, 5) is 17.5. The third-order valence-electron chi connectivity index (χ3n) is 5.31. The zero-order valence-electron chi connectivity index (χ0n) is 13.0. The van der Waals surface area contributed by atoms with Gasteiger partial charge in [0, 0.05) is 24.7 Å². The molecule has 0 spiro atoms. The Morgan fingerprint density at radius 1 is 1.45 bits per heavy atom. The summed E-state index contributed by atoms with van der Waals surface area (Å²) in [6, 6.07) is 3.75. The minimum absolute atomic E-state index is 0.0506. The van der Waals surface area contributed by atoms with E-state index in [1.165, 1.54) is 0 Å². The van der Waals surface area contributed by atoms with Crippen LogP contribution in [0.2, 0.25) is 0 Å². The van der Waals surface area contributed by atoms with Crippen LogP contribution in [0.3, 0.4) is 0 Å². The minimum Gasteiger partial charge on any atom is -0.390 e. The van der Waals surface area contributed by atoms with Crippen molar-refractivity contribution < 1.29 is 9.90 Å². The number of nitriles is 1. The molecule has 2 fully saturated rings. The van der Waals surface area contributed by atoms with Crippen LogP contribution in [-0.4, -0.2) is 39.1 Å². The van der Waals surface area contributed by atoms with E-state index >= 15 is 0 Å². The minimum atomic E-state index is -0.681. The molecule has 0 bridgehead atoms. The summed E-state index contributed by atoms with van der Waals surface area (Å²) in [5.74, 6) is 0.100. The number of H-pyrrole nitrogens is 1. The maximum atomic E-state index is 12.7. The average Bonchev–Trinajstić information content (AvgIpc) is 3.15. The molecule has 1 aromatic rings. The van der Waals surface area contributed by atoms with Gasteiger partial charge >= 0.3 is 0 Å². The van der Waals surface area contributed by atoms with Gasteiger partial charge in [-0.25, -0.2) is 0 Å². The molecule has 22 heavy (non-hydrogen) atoms. The van der Waals surface area contributed by atoms with Crippen LogP contribution in [0.15, 0.2) is 12.3 Å². The number of carbonyl (C=O) groups is 1. The Hall–Kier alpha value is -1.80. The normalized spacial score (nSPS) is 32.0. The van der Waals surface area contributed by atoms with Gasteiger partial charge in [0.05, 0.1) is 11.2 Å². The first kappa shape index (κ1) is 15.1. The molecule has 2 aliphatic rings. The Kier molecular flexibility index (Phi) is 3.96. The summed E-state index contributed by atoms with van der Waals surface area (Å²) >= 11 is 0. The number of rotatable bonds is 2. The topological polar surface area (TPSA) is 80.1 Å². The Morgan fingerprint density at radius 3 is 2.95 bits per heavy atom. The van der Waals surface area contributed by atoms with E-state index in [-0.39, 0.29) is 17.9 Å². The molecule has 1 aromatic heterocycles. The van der Waals surface area contributed by atoms with E-state index < -0.39 is 5.60 Å². The molecule has 1 saturated carbocycles. The van der Waals surface area contributed by atoms with E-state index in [9.17, 15) is 9.90 Å². The van der Waals surface area contributed by atoms with Gasteiger partial charge < -0.3 is 15.0 Å².